The fourth-order valence-electron chi connectivity index (χ4n) is 2.11. The van der Waals surface area contributed by atoms with Crippen molar-refractivity contribution in [1.29, 1.82) is 0 Å². The van der Waals surface area contributed by atoms with Crippen LogP contribution in [0.2, 0.25) is 0 Å². The fraction of sp³-hybridized carbons (Fsp3) is 1.00. The third-order valence-corrected chi connectivity index (χ3v) is 2.87. The molecule has 114 valence electrons. The SMILES string of the molecule is CO[C@@H]1C(OC(C)(C)C)[C@@H](CON(C)C)OC[C@H]1N. The first kappa shape index (κ1) is 16.8. The van der Waals surface area contributed by atoms with E-state index in [1.807, 2.05) is 34.9 Å². The average Bonchev–Trinajstić information content (AvgIpc) is 2.26. The molecule has 2 N–H and O–H groups in total. The van der Waals surface area contributed by atoms with Gasteiger partial charge in [0.25, 0.3) is 0 Å². The zero-order chi connectivity index (χ0) is 14.6. The van der Waals surface area contributed by atoms with Crippen LogP contribution in [-0.4, -0.2) is 69.4 Å². The molecule has 0 aromatic carbocycles. The number of methoxy groups -OCH3 is 1. The van der Waals surface area contributed by atoms with Crippen molar-refractivity contribution in [3.05, 3.63) is 0 Å². The number of rotatable bonds is 5. The summed E-state index contributed by atoms with van der Waals surface area (Å²) in [5, 5.41) is 1.65. The van der Waals surface area contributed by atoms with E-state index in [-0.39, 0.29) is 30.0 Å². The predicted octanol–water partition coefficient (Wildman–Crippen LogP) is 0.404. The molecule has 0 aromatic heterocycles. The van der Waals surface area contributed by atoms with Gasteiger partial charge in [-0.3, -0.25) is 4.84 Å². The summed E-state index contributed by atoms with van der Waals surface area (Å²) in [6, 6.07) is -0.187. The molecule has 0 bridgehead atoms. The molecule has 1 heterocycles. The fourth-order valence-corrected chi connectivity index (χ4v) is 2.11. The summed E-state index contributed by atoms with van der Waals surface area (Å²) in [7, 11) is 5.32. The molecule has 1 aliphatic rings. The highest BCUT2D eigenvalue weighted by Crippen LogP contribution is 2.25. The number of nitrogens with zero attached hydrogens (tertiary/aromatic N) is 1. The molecule has 6 nitrogen and oxygen atoms in total. The van der Waals surface area contributed by atoms with Gasteiger partial charge in [0, 0.05) is 21.2 Å². The molecule has 0 spiro atoms. The lowest BCUT2D eigenvalue weighted by molar-refractivity contribution is -0.240. The maximum absolute atomic E-state index is 6.07. The molecule has 1 aliphatic heterocycles. The second-order valence-corrected chi connectivity index (χ2v) is 6.04. The van der Waals surface area contributed by atoms with Crippen molar-refractivity contribution < 1.29 is 19.0 Å². The van der Waals surface area contributed by atoms with Crippen molar-refractivity contribution in [2.24, 2.45) is 5.73 Å². The predicted molar refractivity (Wildman–Crippen MR) is 72.8 cm³/mol. The van der Waals surface area contributed by atoms with E-state index in [0.717, 1.165) is 0 Å². The van der Waals surface area contributed by atoms with Crippen LogP contribution in [0, 0.1) is 0 Å². The van der Waals surface area contributed by atoms with Crippen molar-refractivity contribution in [1.82, 2.24) is 5.06 Å². The van der Waals surface area contributed by atoms with Gasteiger partial charge in [-0.1, -0.05) is 0 Å². The van der Waals surface area contributed by atoms with Crippen molar-refractivity contribution in [3.8, 4) is 0 Å². The maximum Gasteiger partial charge on any atom is 0.114 e. The van der Waals surface area contributed by atoms with E-state index in [4.69, 9.17) is 24.8 Å². The number of hydroxylamine groups is 2. The van der Waals surface area contributed by atoms with Gasteiger partial charge in [0.15, 0.2) is 0 Å². The van der Waals surface area contributed by atoms with Gasteiger partial charge in [-0.05, 0) is 20.8 Å². The van der Waals surface area contributed by atoms with Gasteiger partial charge >= 0.3 is 0 Å². The van der Waals surface area contributed by atoms with Gasteiger partial charge in [-0.25, -0.2) is 0 Å². The van der Waals surface area contributed by atoms with E-state index in [9.17, 15) is 0 Å². The highest BCUT2D eigenvalue weighted by Gasteiger charge is 2.42. The Morgan fingerprint density at radius 1 is 1.26 bits per heavy atom. The summed E-state index contributed by atoms with van der Waals surface area (Å²) >= 11 is 0. The minimum Gasteiger partial charge on any atom is -0.377 e. The van der Waals surface area contributed by atoms with E-state index < -0.39 is 0 Å². The van der Waals surface area contributed by atoms with Gasteiger partial charge < -0.3 is 19.9 Å². The Hall–Kier alpha value is -0.240. The Balaban J connectivity index is 2.75. The quantitative estimate of drug-likeness (QED) is 0.733. The number of hydrogen-bond donors (Lipinski definition) is 1. The lowest BCUT2D eigenvalue weighted by Crippen LogP contribution is -2.60. The number of nitrogens with two attached hydrogens (primary N) is 1. The average molecular weight is 276 g/mol. The van der Waals surface area contributed by atoms with Gasteiger partial charge in [-0.2, -0.15) is 5.06 Å². The molecule has 0 radical (unpaired) electrons. The Bertz CT molecular complexity index is 268. The third kappa shape index (κ3) is 5.33. The van der Waals surface area contributed by atoms with Gasteiger partial charge in [0.1, 0.15) is 18.3 Å². The Labute approximate surface area is 116 Å². The van der Waals surface area contributed by atoms with Gasteiger partial charge in [-0.15, -0.1) is 0 Å². The van der Waals surface area contributed by atoms with Crippen LogP contribution in [0.25, 0.3) is 0 Å². The first-order chi connectivity index (χ1) is 8.74. The molecule has 0 aliphatic carbocycles. The van der Waals surface area contributed by atoms with Crippen molar-refractivity contribution in [2.45, 2.75) is 50.7 Å². The third-order valence-electron chi connectivity index (χ3n) is 2.87. The van der Waals surface area contributed by atoms with Crippen LogP contribution in [0.4, 0.5) is 0 Å². The molecular weight excluding hydrogens is 248 g/mol. The van der Waals surface area contributed by atoms with Gasteiger partial charge in [0.05, 0.1) is 24.9 Å². The van der Waals surface area contributed by atoms with E-state index in [1.165, 1.54) is 0 Å². The van der Waals surface area contributed by atoms with Crippen molar-refractivity contribution in [3.63, 3.8) is 0 Å². The minimum absolute atomic E-state index is 0.187. The number of hydrogen-bond acceptors (Lipinski definition) is 6. The minimum atomic E-state index is -0.293. The normalized spacial score (nSPS) is 32.8. The second-order valence-electron chi connectivity index (χ2n) is 6.04. The molecule has 1 fully saturated rings. The van der Waals surface area contributed by atoms with E-state index in [1.54, 1.807) is 12.2 Å². The molecule has 1 saturated heterocycles. The van der Waals surface area contributed by atoms with E-state index in [0.29, 0.717) is 13.2 Å². The van der Waals surface area contributed by atoms with Crippen LogP contribution in [0.15, 0.2) is 0 Å². The summed E-state index contributed by atoms with van der Waals surface area (Å²) in [5.74, 6) is 0. The molecule has 1 unspecified atom stereocenters. The number of ether oxygens (including phenoxy) is 3. The largest absolute Gasteiger partial charge is 0.377 e. The first-order valence-electron chi connectivity index (χ1n) is 6.62. The van der Waals surface area contributed by atoms with Crippen LogP contribution >= 0.6 is 0 Å². The lowest BCUT2D eigenvalue weighted by Gasteiger charge is -2.43. The molecule has 4 atom stereocenters. The van der Waals surface area contributed by atoms with Crippen molar-refractivity contribution in [2.75, 3.05) is 34.4 Å². The summed E-state index contributed by atoms with van der Waals surface area (Å²) in [4.78, 5) is 5.49. The molecule has 6 heteroatoms. The van der Waals surface area contributed by atoms with E-state index in [2.05, 4.69) is 0 Å². The smallest absolute Gasteiger partial charge is 0.114 e. The molecule has 1 rings (SSSR count). The standard InChI is InChI=1S/C13H28N2O4/c1-13(2,3)19-12-10(8-18-15(4)5)17-7-9(14)11(12)16-6/h9-12H,7-8,14H2,1-6H3/t9-,10-,11+,12?/m1/s1. The Morgan fingerprint density at radius 2 is 1.89 bits per heavy atom. The molecule has 0 amide bonds. The van der Waals surface area contributed by atoms with Gasteiger partial charge in [0.2, 0.25) is 0 Å². The molecule has 0 saturated carbocycles. The van der Waals surface area contributed by atoms with Crippen LogP contribution in [-0.2, 0) is 19.0 Å². The van der Waals surface area contributed by atoms with Crippen LogP contribution < -0.4 is 5.73 Å². The zero-order valence-corrected chi connectivity index (χ0v) is 12.9. The zero-order valence-electron chi connectivity index (χ0n) is 12.9. The summed E-state index contributed by atoms with van der Waals surface area (Å²) in [6.45, 7) is 6.88. The summed E-state index contributed by atoms with van der Waals surface area (Å²) in [5.41, 5.74) is 5.74. The first-order valence-corrected chi connectivity index (χ1v) is 6.62. The highest BCUT2D eigenvalue weighted by atomic mass is 16.7. The van der Waals surface area contributed by atoms with E-state index >= 15 is 0 Å². The maximum atomic E-state index is 6.07. The van der Waals surface area contributed by atoms with Crippen LogP contribution in [0.3, 0.4) is 0 Å². The second kappa shape index (κ2) is 6.97. The molecule has 19 heavy (non-hydrogen) atoms. The monoisotopic (exact) mass is 276 g/mol. The molecule has 0 aromatic rings. The lowest BCUT2D eigenvalue weighted by atomic mass is 9.97. The highest BCUT2D eigenvalue weighted by molar-refractivity contribution is 4.92. The Kier molecular flexibility index (Phi) is 6.16. The summed E-state index contributed by atoms with van der Waals surface area (Å²) in [6.07, 6.45) is -0.621. The topological polar surface area (TPSA) is 66.2 Å². The Morgan fingerprint density at radius 3 is 2.37 bits per heavy atom. The molecular formula is C13H28N2O4. The summed E-state index contributed by atoms with van der Waals surface area (Å²) < 4.78 is 17.3. The van der Waals surface area contributed by atoms with Crippen molar-refractivity contribution >= 4 is 0 Å². The van der Waals surface area contributed by atoms with Crippen LogP contribution in [0.1, 0.15) is 20.8 Å². The van der Waals surface area contributed by atoms with Crippen LogP contribution in [0.5, 0.6) is 0 Å².